The lowest BCUT2D eigenvalue weighted by molar-refractivity contribution is 0.100. The van der Waals surface area contributed by atoms with E-state index >= 15 is 0 Å². The summed E-state index contributed by atoms with van der Waals surface area (Å²) in [5.41, 5.74) is 2.32. The fraction of sp³-hybridized carbons (Fsp3) is 0.308. The lowest BCUT2D eigenvalue weighted by Gasteiger charge is -2.34. The Bertz CT molecular complexity index is 1280. The highest BCUT2D eigenvalue weighted by Gasteiger charge is 2.24. The lowest BCUT2D eigenvalue weighted by atomic mass is 10.0. The number of aliphatic hydroxyl groups excluding tert-OH is 1. The number of thiophene rings is 1. The standard InChI is InChI=1S/C26H27FN4O3S/c27-22-12-19(32)6-7-23(22)34-14-20(33)13-28-18-8-10-31(11-9-18)25-24-21(17-4-2-1-3-5-17)15-35-26(24)30-16-29-25/h1-7,12,15-16,18,20,28,32-33H,8-11,13-14H2. The molecule has 1 saturated heterocycles. The van der Waals surface area contributed by atoms with Crippen LogP contribution in [0.2, 0.25) is 0 Å². The number of fused-ring (bicyclic) bond motifs is 1. The number of piperidine rings is 1. The van der Waals surface area contributed by atoms with Crippen LogP contribution in [0.5, 0.6) is 11.5 Å². The molecule has 1 aliphatic heterocycles. The third-order valence-electron chi connectivity index (χ3n) is 6.22. The van der Waals surface area contributed by atoms with E-state index in [1.165, 1.54) is 12.1 Å². The Labute approximate surface area is 206 Å². The molecule has 2 aromatic carbocycles. The Balaban J connectivity index is 1.16. The molecule has 3 N–H and O–H groups in total. The maximum Gasteiger partial charge on any atom is 0.168 e. The van der Waals surface area contributed by atoms with Gasteiger partial charge in [0.1, 0.15) is 35.4 Å². The van der Waals surface area contributed by atoms with Crippen LogP contribution in [-0.2, 0) is 0 Å². The number of phenolic OH excluding ortho intramolecular Hbond substituents is 1. The number of aromatic nitrogens is 2. The average molecular weight is 495 g/mol. The fourth-order valence-electron chi connectivity index (χ4n) is 4.38. The Hall–Kier alpha value is -3.27. The number of aromatic hydroxyl groups is 1. The van der Waals surface area contributed by atoms with Crippen molar-refractivity contribution in [2.45, 2.75) is 25.0 Å². The molecule has 0 amide bonds. The molecule has 0 spiro atoms. The number of phenols is 1. The van der Waals surface area contributed by atoms with Gasteiger partial charge in [-0.05, 0) is 30.5 Å². The summed E-state index contributed by atoms with van der Waals surface area (Å²) in [6.07, 6.45) is 2.69. The van der Waals surface area contributed by atoms with Crippen LogP contribution < -0.4 is 15.0 Å². The number of hydrogen-bond acceptors (Lipinski definition) is 8. The van der Waals surface area contributed by atoms with Gasteiger partial charge in [-0.3, -0.25) is 0 Å². The van der Waals surface area contributed by atoms with Crippen molar-refractivity contribution >= 4 is 27.4 Å². The van der Waals surface area contributed by atoms with Crippen molar-refractivity contribution in [1.82, 2.24) is 15.3 Å². The molecular formula is C26H27FN4O3S. The number of hydrogen-bond donors (Lipinski definition) is 3. The minimum atomic E-state index is -0.776. The molecule has 0 aliphatic carbocycles. The van der Waals surface area contributed by atoms with Crippen molar-refractivity contribution in [2.75, 3.05) is 31.1 Å². The Morgan fingerprint density at radius 2 is 1.94 bits per heavy atom. The van der Waals surface area contributed by atoms with Crippen LogP contribution in [0, 0.1) is 5.82 Å². The molecule has 182 valence electrons. The SMILES string of the molecule is Oc1ccc(OCC(O)CNC2CCN(c3ncnc4scc(-c5ccccc5)c34)CC2)c(F)c1. The van der Waals surface area contributed by atoms with Crippen molar-refractivity contribution in [1.29, 1.82) is 0 Å². The predicted octanol–water partition coefficient (Wildman–Crippen LogP) is 4.20. The van der Waals surface area contributed by atoms with E-state index in [0.29, 0.717) is 6.54 Å². The highest BCUT2D eigenvalue weighted by Crippen LogP contribution is 2.38. The summed E-state index contributed by atoms with van der Waals surface area (Å²) in [5.74, 6) is 0.159. The van der Waals surface area contributed by atoms with Crippen LogP contribution in [0.3, 0.4) is 0 Å². The molecule has 5 rings (SSSR count). The maximum atomic E-state index is 13.8. The molecule has 35 heavy (non-hydrogen) atoms. The van der Waals surface area contributed by atoms with E-state index in [9.17, 15) is 14.6 Å². The van der Waals surface area contributed by atoms with Crippen molar-refractivity contribution in [3.63, 3.8) is 0 Å². The number of rotatable bonds is 8. The molecule has 0 saturated carbocycles. The van der Waals surface area contributed by atoms with Crippen molar-refractivity contribution in [2.24, 2.45) is 0 Å². The molecule has 1 atom stereocenters. The Kier molecular flexibility index (Phi) is 7.08. The summed E-state index contributed by atoms with van der Waals surface area (Å²) in [7, 11) is 0. The van der Waals surface area contributed by atoms with Gasteiger partial charge >= 0.3 is 0 Å². The highest BCUT2D eigenvalue weighted by atomic mass is 32.1. The minimum absolute atomic E-state index is 0.00891. The van der Waals surface area contributed by atoms with Crippen LogP contribution in [0.25, 0.3) is 21.3 Å². The molecule has 3 heterocycles. The quantitative estimate of drug-likeness (QED) is 0.338. The molecular weight excluding hydrogens is 467 g/mol. The summed E-state index contributed by atoms with van der Waals surface area (Å²) in [5, 5.41) is 26.2. The Morgan fingerprint density at radius 1 is 1.14 bits per heavy atom. The van der Waals surface area contributed by atoms with E-state index in [0.717, 1.165) is 59.2 Å². The van der Waals surface area contributed by atoms with E-state index in [2.05, 4.69) is 37.7 Å². The van der Waals surface area contributed by atoms with E-state index in [1.807, 2.05) is 18.2 Å². The fourth-order valence-corrected chi connectivity index (χ4v) is 5.29. The van der Waals surface area contributed by atoms with Gasteiger partial charge in [-0.2, -0.15) is 0 Å². The molecule has 0 radical (unpaired) electrons. The van der Waals surface area contributed by atoms with Crippen LogP contribution in [-0.4, -0.2) is 58.6 Å². The van der Waals surface area contributed by atoms with Gasteiger partial charge in [0.15, 0.2) is 11.6 Å². The van der Waals surface area contributed by atoms with E-state index in [1.54, 1.807) is 17.7 Å². The number of ether oxygens (including phenoxy) is 1. The first kappa shape index (κ1) is 23.5. The lowest BCUT2D eigenvalue weighted by Crippen LogP contribution is -2.45. The molecule has 7 nitrogen and oxygen atoms in total. The zero-order valence-electron chi connectivity index (χ0n) is 19.1. The number of nitrogens with zero attached hydrogens (tertiary/aromatic N) is 3. The summed E-state index contributed by atoms with van der Waals surface area (Å²) >= 11 is 1.64. The number of aliphatic hydroxyl groups is 1. The molecule has 2 aromatic heterocycles. The number of benzene rings is 2. The summed E-state index contributed by atoms with van der Waals surface area (Å²) in [6.45, 7) is 2.01. The first-order chi connectivity index (χ1) is 17.1. The normalized spacial score (nSPS) is 15.4. The van der Waals surface area contributed by atoms with E-state index in [-0.39, 0.29) is 24.1 Å². The largest absolute Gasteiger partial charge is 0.508 e. The second-order valence-electron chi connectivity index (χ2n) is 8.64. The molecule has 0 bridgehead atoms. The van der Waals surface area contributed by atoms with Gasteiger partial charge < -0.3 is 25.2 Å². The summed E-state index contributed by atoms with van der Waals surface area (Å²) in [6, 6.07) is 14.3. The van der Waals surface area contributed by atoms with Gasteiger partial charge in [-0.25, -0.2) is 14.4 Å². The number of halogens is 1. The molecule has 1 fully saturated rings. The molecule has 1 aliphatic rings. The zero-order valence-corrected chi connectivity index (χ0v) is 19.9. The van der Waals surface area contributed by atoms with E-state index < -0.39 is 11.9 Å². The third-order valence-corrected chi connectivity index (χ3v) is 7.10. The smallest absolute Gasteiger partial charge is 0.168 e. The first-order valence-electron chi connectivity index (χ1n) is 11.6. The zero-order chi connectivity index (χ0) is 24.2. The van der Waals surface area contributed by atoms with Gasteiger partial charge in [0.2, 0.25) is 0 Å². The van der Waals surface area contributed by atoms with Crippen molar-refractivity contribution < 1.29 is 19.3 Å². The van der Waals surface area contributed by atoms with E-state index in [4.69, 9.17) is 4.74 Å². The predicted molar refractivity (Wildman–Crippen MR) is 136 cm³/mol. The van der Waals surface area contributed by atoms with Crippen LogP contribution in [0.15, 0.2) is 60.2 Å². The summed E-state index contributed by atoms with van der Waals surface area (Å²) < 4.78 is 19.1. The minimum Gasteiger partial charge on any atom is -0.508 e. The van der Waals surface area contributed by atoms with Gasteiger partial charge in [-0.15, -0.1) is 11.3 Å². The van der Waals surface area contributed by atoms with Gasteiger partial charge in [0, 0.05) is 42.7 Å². The second-order valence-corrected chi connectivity index (χ2v) is 9.50. The van der Waals surface area contributed by atoms with Gasteiger partial charge in [-0.1, -0.05) is 30.3 Å². The number of nitrogens with one attached hydrogen (secondary N) is 1. The van der Waals surface area contributed by atoms with Crippen molar-refractivity contribution in [3.8, 4) is 22.6 Å². The molecule has 1 unspecified atom stereocenters. The van der Waals surface area contributed by atoms with Crippen LogP contribution in [0.4, 0.5) is 10.2 Å². The number of anilines is 1. The first-order valence-corrected chi connectivity index (χ1v) is 12.5. The van der Waals surface area contributed by atoms with Crippen LogP contribution in [0.1, 0.15) is 12.8 Å². The topological polar surface area (TPSA) is 90.7 Å². The van der Waals surface area contributed by atoms with Crippen LogP contribution >= 0.6 is 11.3 Å². The molecule has 9 heteroatoms. The molecule has 4 aromatic rings. The summed E-state index contributed by atoms with van der Waals surface area (Å²) in [4.78, 5) is 12.4. The maximum absolute atomic E-state index is 13.8. The van der Waals surface area contributed by atoms with Crippen molar-refractivity contribution in [3.05, 3.63) is 66.1 Å². The van der Waals surface area contributed by atoms with Gasteiger partial charge in [0.25, 0.3) is 0 Å². The highest BCUT2D eigenvalue weighted by molar-refractivity contribution is 7.17. The monoisotopic (exact) mass is 494 g/mol. The Morgan fingerprint density at radius 3 is 2.71 bits per heavy atom. The van der Waals surface area contributed by atoms with Gasteiger partial charge in [0.05, 0.1) is 5.39 Å². The average Bonchev–Trinajstić information content (AvgIpc) is 3.32. The second kappa shape index (κ2) is 10.6. The third kappa shape index (κ3) is 5.37.